The molecular formula is C14H12N6. The molecule has 0 N–H and O–H groups in total. The monoisotopic (exact) mass is 264 g/mol. The quantitative estimate of drug-likeness (QED) is 0.708. The summed E-state index contributed by atoms with van der Waals surface area (Å²) in [5.41, 5.74) is 2.29. The van der Waals surface area contributed by atoms with Crippen molar-refractivity contribution in [3.05, 3.63) is 42.4 Å². The summed E-state index contributed by atoms with van der Waals surface area (Å²) in [5, 5.41) is 14.1. The lowest BCUT2D eigenvalue weighted by atomic mass is 10.2. The van der Waals surface area contributed by atoms with Gasteiger partial charge in [0.05, 0.1) is 23.2 Å². The van der Waals surface area contributed by atoms with E-state index in [1.807, 2.05) is 37.2 Å². The van der Waals surface area contributed by atoms with E-state index >= 15 is 0 Å². The molecule has 20 heavy (non-hydrogen) atoms. The molecule has 0 radical (unpaired) electrons. The van der Waals surface area contributed by atoms with Gasteiger partial charge in [-0.1, -0.05) is 6.07 Å². The van der Waals surface area contributed by atoms with Crippen LogP contribution in [0.25, 0.3) is 11.0 Å². The van der Waals surface area contributed by atoms with Crippen molar-refractivity contribution in [2.24, 2.45) is 7.05 Å². The molecule has 0 fully saturated rings. The standard InChI is InChI=1S/C14H12N6/c1-19(11-5-3-4-10(6-11)7-15)13-12-8-18-20(2)14(12)17-9-16-13/h3-6,8-9H,1-2H3. The number of aryl methyl sites for hydroxylation is 1. The SMILES string of the molecule is CN(c1cccc(C#N)c1)c1ncnc2c1cnn2C. The van der Waals surface area contributed by atoms with Crippen LogP contribution >= 0.6 is 0 Å². The van der Waals surface area contributed by atoms with E-state index in [2.05, 4.69) is 21.1 Å². The Hall–Kier alpha value is -2.94. The number of benzene rings is 1. The van der Waals surface area contributed by atoms with Crippen LogP contribution < -0.4 is 4.90 Å². The summed E-state index contributed by atoms with van der Waals surface area (Å²) < 4.78 is 1.71. The molecule has 2 aromatic heterocycles. The van der Waals surface area contributed by atoms with Gasteiger partial charge in [-0.15, -0.1) is 0 Å². The molecule has 0 bridgehead atoms. The molecule has 3 rings (SSSR count). The zero-order chi connectivity index (χ0) is 14.1. The second-order valence-corrected chi connectivity index (χ2v) is 4.42. The van der Waals surface area contributed by atoms with E-state index in [0.717, 1.165) is 22.5 Å². The predicted octanol–water partition coefficient (Wildman–Crippen LogP) is 2.00. The van der Waals surface area contributed by atoms with Crippen LogP contribution in [0.15, 0.2) is 36.8 Å². The summed E-state index contributed by atoms with van der Waals surface area (Å²) in [6.45, 7) is 0. The Morgan fingerprint density at radius 1 is 1.30 bits per heavy atom. The second kappa shape index (κ2) is 4.63. The summed E-state index contributed by atoms with van der Waals surface area (Å²) in [6.07, 6.45) is 3.26. The fraction of sp³-hybridized carbons (Fsp3) is 0.143. The minimum atomic E-state index is 0.617. The molecule has 0 aliphatic heterocycles. The number of hydrogen-bond donors (Lipinski definition) is 0. The van der Waals surface area contributed by atoms with Crippen molar-refractivity contribution in [1.82, 2.24) is 19.7 Å². The molecule has 6 heteroatoms. The summed E-state index contributed by atoms with van der Waals surface area (Å²) in [4.78, 5) is 10.5. The highest BCUT2D eigenvalue weighted by Gasteiger charge is 2.13. The number of hydrogen-bond acceptors (Lipinski definition) is 5. The van der Waals surface area contributed by atoms with E-state index in [1.54, 1.807) is 16.9 Å². The number of anilines is 2. The fourth-order valence-electron chi connectivity index (χ4n) is 2.12. The first-order chi connectivity index (χ1) is 9.70. The van der Waals surface area contributed by atoms with Gasteiger partial charge in [0.25, 0.3) is 0 Å². The van der Waals surface area contributed by atoms with Gasteiger partial charge in [-0.25, -0.2) is 9.97 Å². The molecular weight excluding hydrogens is 252 g/mol. The van der Waals surface area contributed by atoms with E-state index < -0.39 is 0 Å². The predicted molar refractivity (Wildman–Crippen MR) is 75.5 cm³/mol. The maximum absolute atomic E-state index is 8.98. The molecule has 3 aromatic rings. The number of aromatic nitrogens is 4. The van der Waals surface area contributed by atoms with Gasteiger partial charge in [0.2, 0.25) is 0 Å². The van der Waals surface area contributed by atoms with Crippen LogP contribution in [0.2, 0.25) is 0 Å². The third-order valence-electron chi connectivity index (χ3n) is 3.19. The third-order valence-corrected chi connectivity index (χ3v) is 3.19. The highest BCUT2D eigenvalue weighted by molar-refractivity contribution is 5.88. The zero-order valence-electron chi connectivity index (χ0n) is 11.1. The van der Waals surface area contributed by atoms with Crippen molar-refractivity contribution in [2.75, 3.05) is 11.9 Å². The number of nitriles is 1. The highest BCUT2D eigenvalue weighted by atomic mass is 15.3. The first kappa shape index (κ1) is 12.1. The van der Waals surface area contributed by atoms with Gasteiger partial charge in [0, 0.05) is 19.8 Å². The van der Waals surface area contributed by atoms with Gasteiger partial charge in [-0.05, 0) is 18.2 Å². The summed E-state index contributed by atoms with van der Waals surface area (Å²) in [6, 6.07) is 9.53. The zero-order valence-corrected chi connectivity index (χ0v) is 11.1. The molecule has 1 aromatic carbocycles. The van der Waals surface area contributed by atoms with E-state index in [4.69, 9.17) is 5.26 Å². The summed E-state index contributed by atoms with van der Waals surface area (Å²) >= 11 is 0. The normalized spacial score (nSPS) is 10.4. The molecule has 0 aliphatic carbocycles. The van der Waals surface area contributed by atoms with Crippen molar-refractivity contribution in [3.8, 4) is 6.07 Å². The molecule has 0 atom stereocenters. The smallest absolute Gasteiger partial charge is 0.163 e. The van der Waals surface area contributed by atoms with E-state index in [0.29, 0.717) is 5.56 Å². The molecule has 0 saturated heterocycles. The van der Waals surface area contributed by atoms with Crippen LogP contribution in [0.1, 0.15) is 5.56 Å². The van der Waals surface area contributed by atoms with Crippen LogP contribution in [0.4, 0.5) is 11.5 Å². The molecule has 0 spiro atoms. The van der Waals surface area contributed by atoms with Crippen molar-refractivity contribution >= 4 is 22.5 Å². The number of nitrogens with zero attached hydrogens (tertiary/aromatic N) is 6. The Morgan fingerprint density at radius 3 is 2.95 bits per heavy atom. The van der Waals surface area contributed by atoms with Crippen LogP contribution in [0.5, 0.6) is 0 Å². The van der Waals surface area contributed by atoms with Gasteiger partial charge in [-0.2, -0.15) is 10.4 Å². The Balaban J connectivity index is 2.13. The molecule has 6 nitrogen and oxygen atoms in total. The van der Waals surface area contributed by atoms with Crippen molar-refractivity contribution in [1.29, 1.82) is 5.26 Å². The summed E-state index contributed by atoms with van der Waals surface area (Å²) in [5.74, 6) is 0.762. The van der Waals surface area contributed by atoms with Crippen molar-refractivity contribution in [3.63, 3.8) is 0 Å². The lowest BCUT2D eigenvalue weighted by Crippen LogP contribution is -2.12. The Morgan fingerprint density at radius 2 is 2.15 bits per heavy atom. The first-order valence-electron chi connectivity index (χ1n) is 6.07. The van der Waals surface area contributed by atoms with Gasteiger partial charge in [0.1, 0.15) is 12.1 Å². The molecule has 0 amide bonds. The number of rotatable bonds is 2. The van der Waals surface area contributed by atoms with Gasteiger partial charge in [-0.3, -0.25) is 4.68 Å². The van der Waals surface area contributed by atoms with Crippen LogP contribution in [-0.2, 0) is 7.05 Å². The van der Waals surface area contributed by atoms with Gasteiger partial charge in [0.15, 0.2) is 5.65 Å². The van der Waals surface area contributed by atoms with Gasteiger partial charge < -0.3 is 4.90 Å². The van der Waals surface area contributed by atoms with Crippen LogP contribution in [0.3, 0.4) is 0 Å². The fourth-order valence-corrected chi connectivity index (χ4v) is 2.12. The van der Waals surface area contributed by atoms with Gasteiger partial charge >= 0.3 is 0 Å². The largest absolute Gasteiger partial charge is 0.329 e. The minimum absolute atomic E-state index is 0.617. The van der Waals surface area contributed by atoms with Crippen molar-refractivity contribution < 1.29 is 0 Å². The average Bonchev–Trinajstić information content (AvgIpc) is 2.88. The second-order valence-electron chi connectivity index (χ2n) is 4.42. The molecule has 0 saturated carbocycles. The van der Waals surface area contributed by atoms with E-state index in [9.17, 15) is 0 Å². The average molecular weight is 264 g/mol. The Bertz CT molecular complexity index is 814. The number of fused-ring (bicyclic) bond motifs is 1. The maximum atomic E-state index is 8.98. The lowest BCUT2D eigenvalue weighted by Gasteiger charge is -2.18. The molecule has 0 unspecified atom stereocenters. The molecule has 2 heterocycles. The third kappa shape index (κ3) is 1.86. The maximum Gasteiger partial charge on any atom is 0.163 e. The topological polar surface area (TPSA) is 70.6 Å². The lowest BCUT2D eigenvalue weighted by molar-refractivity contribution is 0.785. The highest BCUT2D eigenvalue weighted by Crippen LogP contribution is 2.27. The summed E-state index contributed by atoms with van der Waals surface area (Å²) in [7, 11) is 3.75. The minimum Gasteiger partial charge on any atom is -0.329 e. The van der Waals surface area contributed by atoms with Crippen LogP contribution in [-0.4, -0.2) is 26.8 Å². The van der Waals surface area contributed by atoms with E-state index in [1.165, 1.54) is 6.33 Å². The van der Waals surface area contributed by atoms with Crippen LogP contribution in [0, 0.1) is 11.3 Å². The first-order valence-corrected chi connectivity index (χ1v) is 6.07. The van der Waals surface area contributed by atoms with E-state index in [-0.39, 0.29) is 0 Å². The molecule has 98 valence electrons. The molecule has 0 aliphatic rings. The Labute approximate surface area is 115 Å². The Kier molecular flexibility index (Phi) is 2.80. The van der Waals surface area contributed by atoms with Crippen molar-refractivity contribution in [2.45, 2.75) is 0 Å².